The first-order valence-electron chi connectivity index (χ1n) is 7.88. The summed E-state index contributed by atoms with van der Waals surface area (Å²) in [6, 6.07) is 13.0. The maximum Gasteiger partial charge on any atom is 0.277 e. The molecule has 1 saturated heterocycles. The number of thioether (sulfide) groups is 2. The Morgan fingerprint density at radius 3 is 2.69 bits per heavy atom. The third-order valence-electron chi connectivity index (χ3n) is 3.52. The van der Waals surface area contributed by atoms with Gasteiger partial charge in [0.25, 0.3) is 5.91 Å². The highest BCUT2D eigenvalue weighted by molar-refractivity contribution is 14.1. The number of ether oxygens (including phenoxy) is 1. The number of phenolic OH excluding ortho intramolecular Hbond substituents is 1. The van der Waals surface area contributed by atoms with Crippen LogP contribution < -0.4 is 10.2 Å². The number of aromatic hydroxyl groups is 1. The molecule has 0 saturated carbocycles. The largest absolute Gasteiger partial charge is 0.507 e. The van der Waals surface area contributed by atoms with Gasteiger partial charge in [0.05, 0.1) is 14.4 Å². The molecule has 5 nitrogen and oxygen atoms in total. The van der Waals surface area contributed by atoms with Crippen molar-refractivity contribution in [1.29, 1.82) is 0 Å². The van der Waals surface area contributed by atoms with Gasteiger partial charge in [0.2, 0.25) is 0 Å². The van der Waals surface area contributed by atoms with Crippen LogP contribution >= 0.6 is 46.1 Å². The van der Waals surface area contributed by atoms with E-state index in [2.05, 4.69) is 10.5 Å². The highest BCUT2D eigenvalue weighted by Crippen LogP contribution is 2.45. The predicted octanol–water partition coefficient (Wildman–Crippen LogP) is 4.00. The molecule has 0 aliphatic carbocycles. The van der Waals surface area contributed by atoms with Crippen LogP contribution in [0.2, 0.25) is 0 Å². The highest BCUT2D eigenvalue weighted by Gasteiger charge is 2.17. The fourth-order valence-corrected chi connectivity index (χ4v) is 5.63. The summed E-state index contributed by atoms with van der Waals surface area (Å²) >= 11 is 5.94. The van der Waals surface area contributed by atoms with Crippen LogP contribution in [0.4, 0.5) is 0 Å². The molecule has 0 aromatic heterocycles. The van der Waals surface area contributed by atoms with Crippen LogP contribution in [-0.4, -0.2) is 35.3 Å². The molecule has 3 rings (SSSR count). The number of carbonyl (C=O) groups excluding carboxylic acids is 1. The van der Waals surface area contributed by atoms with Gasteiger partial charge in [-0.2, -0.15) is 5.10 Å². The first-order chi connectivity index (χ1) is 12.6. The van der Waals surface area contributed by atoms with Gasteiger partial charge in [-0.1, -0.05) is 12.1 Å². The topological polar surface area (TPSA) is 70.9 Å². The van der Waals surface area contributed by atoms with Gasteiger partial charge in [0.1, 0.15) is 11.5 Å². The average molecular weight is 500 g/mol. The van der Waals surface area contributed by atoms with Crippen molar-refractivity contribution in [2.24, 2.45) is 5.10 Å². The van der Waals surface area contributed by atoms with Gasteiger partial charge >= 0.3 is 0 Å². The lowest BCUT2D eigenvalue weighted by molar-refractivity contribution is -0.123. The Bertz CT molecular complexity index is 794. The van der Waals surface area contributed by atoms with E-state index in [1.807, 2.05) is 70.4 Å². The van der Waals surface area contributed by atoms with E-state index in [1.165, 1.54) is 23.3 Å². The number of benzene rings is 2. The second-order valence-corrected chi connectivity index (χ2v) is 9.32. The number of hydrogen-bond acceptors (Lipinski definition) is 6. The summed E-state index contributed by atoms with van der Waals surface area (Å²) in [6.07, 6.45) is 1.52. The number of hydrazone groups is 1. The number of carbonyl (C=O) groups is 1. The Morgan fingerprint density at radius 1 is 1.27 bits per heavy atom. The molecule has 1 aliphatic rings. The lowest BCUT2D eigenvalue weighted by Crippen LogP contribution is -2.24. The number of rotatable bonds is 6. The number of amides is 1. The lowest BCUT2D eigenvalue weighted by atomic mass is 10.2. The van der Waals surface area contributed by atoms with Crippen molar-refractivity contribution in [3.05, 3.63) is 57.2 Å². The summed E-state index contributed by atoms with van der Waals surface area (Å²) in [5.41, 5.74) is 4.49. The molecule has 2 aromatic rings. The zero-order valence-electron chi connectivity index (χ0n) is 13.7. The summed E-state index contributed by atoms with van der Waals surface area (Å²) in [5.74, 6) is 2.93. The van der Waals surface area contributed by atoms with E-state index in [9.17, 15) is 9.90 Å². The molecule has 8 heteroatoms. The quantitative estimate of drug-likeness (QED) is 0.357. The average Bonchev–Trinajstić information content (AvgIpc) is 3.18. The second-order valence-electron chi connectivity index (χ2n) is 5.44. The van der Waals surface area contributed by atoms with E-state index < -0.39 is 0 Å². The number of nitrogens with zero attached hydrogens (tertiary/aromatic N) is 1. The van der Waals surface area contributed by atoms with Crippen LogP contribution in [0, 0.1) is 3.57 Å². The van der Waals surface area contributed by atoms with Crippen LogP contribution in [0.1, 0.15) is 15.7 Å². The number of nitrogens with one attached hydrogen (secondary N) is 1. The smallest absolute Gasteiger partial charge is 0.277 e. The van der Waals surface area contributed by atoms with Crippen molar-refractivity contribution in [1.82, 2.24) is 5.43 Å². The van der Waals surface area contributed by atoms with Crippen molar-refractivity contribution in [2.45, 2.75) is 4.58 Å². The number of phenols is 1. The molecule has 26 heavy (non-hydrogen) atoms. The summed E-state index contributed by atoms with van der Waals surface area (Å²) in [4.78, 5) is 11.8. The molecule has 1 fully saturated rings. The minimum atomic E-state index is -0.333. The van der Waals surface area contributed by atoms with E-state index in [0.29, 0.717) is 10.3 Å². The van der Waals surface area contributed by atoms with Gasteiger partial charge in [-0.05, 0) is 64.0 Å². The fourth-order valence-electron chi connectivity index (χ4n) is 2.24. The Hall–Kier alpha value is -1.39. The lowest BCUT2D eigenvalue weighted by Gasteiger charge is -2.10. The van der Waals surface area contributed by atoms with E-state index in [-0.39, 0.29) is 18.3 Å². The molecule has 2 aromatic carbocycles. The zero-order chi connectivity index (χ0) is 18.4. The second kappa shape index (κ2) is 9.52. The van der Waals surface area contributed by atoms with Gasteiger partial charge in [-0.15, -0.1) is 23.5 Å². The monoisotopic (exact) mass is 500 g/mol. The van der Waals surface area contributed by atoms with Crippen molar-refractivity contribution in [3.63, 3.8) is 0 Å². The summed E-state index contributed by atoms with van der Waals surface area (Å²) in [7, 11) is 0. The molecule has 2 N–H and O–H groups in total. The van der Waals surface area contributed by atoms with Crippen LogP contribution in [0.3, 0.4) is 0 Å². The molecule has 0 unspecified atom stereocenters. The molecule has 0 atom stereocenters. The molecular formula is C18H17IN2O3S2. The minimum absolute atomic E-state index is 0.100. The van der Waals surface area contributed by atoms with E-state index in [0.717, 1.165) is 9.13 Å². The Morgan fingerprint density at radius 2 is 2.00 bits per heavy atom. The predicted molar refractivity (Wildman–Crippen MR) is 116 cm³/mol. The molecule has 0 radical (unpaired) electrons. The molecule has 1 amide bonds. The van der Waals surface area contributed by atoms with E-state index in [1.54, 1.807) is 18.2 Å². The molecule has 1 aliphatic heterocycles. The van der Waals surface area contributed by atoms with Gasteiger partial charge in [-0.25, -0.2) is 5.43 Å². The van der Waals surface area contributed by atoms with Crippen LogP contribution in [-0.2, 0) is 4.79 Å². The molecule has 136 valence electrons. The standard InChI is InChI=1S/C18H17IN2O3S2/c19-15-9-12(1-6-16(15)22)10-20-21-17(23)11-24-14-4-2-13(3-5-14)18-25-7-8-26-18/h1-6,9-10,18,22H,7-8,11H2,(H,21,23)/b20-10-. The maximum absolute atomic E-state index is 11.8. The van der Waals surface area contributed by atoms with Crippen molar-refractivity contribution < 1.29 is 14.6 Å². The number of halogens is 1. The van der Waals surface area contributed by atoms with E-state index >= 15 is 0 Å². The van der Waals surface area contributed by atoms with Gasteiger partial charge in [-0.3, -0.25) is 4.79 Å². The number of hydrogen-bond donors (Lipinski definition) is 2. The van der Waals surface area contributed by atoms with Crippen molar-refractivity contribution in [3.8, 4) is 11.5 Å². The maximum atomic E-state index is 11.8. The minimum Gasteiger partial charge on any atom is -0.507 e. The first kappa shape index (κ1) is 19.4. The summed E-state index contributed by atoms with van der Waals surface area (Å²) in [5, 5.41) is 13.4. The van der Waals surface area contributed by atoms with Gasteiger partial charge in [0, 0.05) is 11.5 Å². The van der Waals surface area contributed by atoms with E-state index in [4.69, 9.17) is 4.74 Å². The van der Waals surface area contributed by atoms with Crippen molar-refractivity contribution in [2.75, 3.05) is 18.1 Å². The molecule has 0 bridgehead atoms. The normalized spacial score (nSPS) is 14.7. The van der Waals surface area contributed by atoms with Gasteiger partial charge < -0.3 is 9.84 Å². The fraction of sp³-hybridized carbons (Fsp3) is 0.222. The molecule has 0 spiro atoms. The zero-order valence-corrected chi connectivity index (χ0v) is 17.5. The Balaban J connectivity index is 1.44. The third kappa shape index (κ3) is 5.55. The van der Waals surface area contributed by atoms with Gasteiger partial charge in [0.15, 0.2) is 6.61 Å². The SMILES string of the molecule is O=C(COc1ccc(C2SCCS2)cc1)N/N=C\c1ccc(O)c(I)c1. The highest BCUT2D eigenvalue weighted by atomic mass is 127. The molecular weight excluding hydrogens is 483 g/mol. The van der Waals surface area contributed by atoms with Crippen molar-refractivity contribution >= 4 is 58.2 Å². The van der Waals surface area contributed by atoms with Crippen LogP contribution in [0.25, 0.3) is 0 Å². The third-order valence-corrected chi connectivity index (χ3v) is 7.49. The Kier molecular flexibility index (Phi) is 7.09. The summed E-state index contributed by atoms with van der Waals surface area (Å²) < 4.78 is 6.71. The first-order valence-corrected chi connectivity index (χ1v) is 11.1. The molecule has 1 heterocycles. The summed E-state index contributed by atoms with van der Waals surface area (Å²) in [6.45, 7) is -0.100. The van der Waals surface area contributed by atoms with Crippen LogP contribution in [0.15, 0.2) is 47.6 Å². The van der Waals surface area contributed by atoms with Crippen LogP contribution in [0.5, 0.6) is 11.5 Å². The Labute approximate surface area is 174 Å².